The number of carbonyl (C=O) groups excluding carboxylic acids is 2. The summed E-state index contributed by atoms with van der Waals surface area (Å²) in [6.07, 6.45) is 2.56. The largest absolute Gasteiger partial charge is 0.444 e. The van der Waals surface area contributed by atoms with Gasteiger partial charge in [0.25, 0.3) is 0 Å². The Kier molecular flexibility index (Phi) is 7.68. The van der Waals surface area contributed by atoms with Crippen LogP contribution in [-0.4, -0.2) is 61.9 Å². The van der Waals surface area contributed by atoms with Gasteiger partial charge in [0.1, 0.15) is 23.2 Å². The summed E-state index contributed by atoms with van der Waals surface area (Å²) < 4.78 is 12.6. The number of likely N-dealkylation sites (tertiary alicyclic amines) is 1. The van der Waals surface area contributed by atoms with Gasteiger partial charge in [-0.05, 0) is 63.8 Å². The Balaban J connectivity index is 1.07. The van der Waals surface area contributed by atoms with E-state index in [2.05, 4.69) is 27.3 Å². The molecule has 1 aromatic carbocycles. The van der Waals surface area contributed by atoms with E-state index >= 15 is 0 Å². The van der Waals surface area contributed by atoms with Crippen molar-refractivity contribution in [1.29, 1.82) is 0 Å². The second-order valence-corrected chi connectivity index (χ2v) is 11.4. The fourth-order valence-electron chi connectivity index (χ4n) is 5.09. The number of imidazole rings is 1. The van der Waals surface area contributed by atoms with E-state index in [4.69, 9.17) is 9.26 Å². The Morgan fingerprint density at radius 2 is 1.95 bits per heavy atom. The molecule has 3 atom stereocenters. The number of aromatic nitrogens is 3. The number of piperidine rings is 1. The SMILES string of the molecule is C[C@H](O)c1nccn1Cc1cc(-c2ccc(C#CC3C4CN(C(=O)CCNC(=O)OC(C)(C)C)CC34)cc2)on1. The van der Waals surface area contributed by atoms with Crippen molar-refractivity contribution in [2.24, 2.45) is 17.8 Å². The fraction of sp³-hybridized carbons (Fsp3) is 0.467. The fourth-order valence-corrected chi connectivity index (χ4v) is 5.09. The van der Waals surface area contributed by atoms with Gasteiger partial charge < -0.3 is 29.2 Å². The number of nitrogens with one attached hydrogen (secondary N) is 1. The van der Waals surface area contributed by atoms with E-state index in [1.807, 2.05) is 39.8 Å². The molecule has 1 saturated carbocycles. The van der Waals surface area contributed by atoms with E-state index < -0.39 is 17.8 Å². The van der Waals surface area contributed by atoms with Gasteiger partial charge in [0.05, 0.1) is 6.54 Å². The van der Waals surface area contributed by atoms with Crippen LogP contribution in [0.25, 0.3) is 11.3 Å². The van der Waals surface area contributed by atoms with Crippen molar-refractivity contribution >= 4 is 12.0 Å². The van der Waals surface area contributed by atoms with Gasteiger partial charge >= 0.3 is 6.09 Å². The average Bonchev–Trinajstić information content (AvgIpc) is 3.38. The molecule has 1 aliphatic carbocycles. The molecule has 0 radical (unpaired) electrons. The highest BCUT2D eigenvalue weighted by atomic mass is 16.6. The number of ether oxygens (including phenoxy) is 1. The van der Waals surface area contributed by atoms with Crippen molar-refractivity contribution in [3.8, 4) is 23.2 Å². The highest BCUT2D eigenvalue weighted by molar-refractivity contribution is 5.78. The molecule has 5 rings (SSSR count). The van der Waals surface area contributed by atoms with Gasteiger partial charge in [-0.15, -0.1) is 0 Å². The first kappa shape index (κ1) is 27.5. The smallest absolute Gasteiger partial charge is 0.407 e. The molecule has 2 aliphatic rings. The van der Waals surface area contributed by atoms with Gasteiger partial charge in [0.2, 0.25) is 5.91 Å². The normalized spacial score (nSPS) is 20.3. The molecule has 3 heterocycles. The molecule has 0 bridgehead atoms. The van der Waals surface area contributed by atoms with Crippen LogP contribution in [0, 0.1) is 29.6 Å². The van der Waals surface area contributed by atoms with Crippen molar-refractivity contribution < 1.29 is 24.0 Å². The van der Waals surface area contributed by atoms with Gasteiger partial charge in [-0.1, -0.05) is 17.0 Å². The molecule has 2 fully saturated rings. The van der Waals surface area contributed by atoms with Crippen LogP contribution in [0.3, 0.4) is 0 Å². The zero-order chi connectivity index (χ0) is 28.4. The Morgan fingerprint density at radius 3 is 2.62 bits per heavy atom. The number of benzene rings is 1. The zero-order valence-electron chi connectivity index (χ0n) is 23.3. The quantitative estimate of drug-likeness (QED) is 0.435. The lowest BCUT2D eigenvalue weighted by Crippen LogP contribution is -2.37. The summed E-state index contributed by atoms with van der Waals surface area (Å²) in [5.41, 5.74) is 2.01. The van der Waals surface area contributed by atoms with Crippen molar-refractivity contribution in [2.75, 3.05) is 19.6 Å². The standard InChI is InChI=1S/C30H35N5O5/c1-19(36)28-31-13-14-34(28)16-22-15-26(40-33-22)21-8-5-20(6-9-21)7-10-23-24-17-35(18-25(23)24)27(37)11-12-32-29(38)39-30(2,3)4/h5-6,8-9,13-15,19,23-25,36H,11-12,16-18H2,1-4H3,(H,32,38)/t19-,23?,24?,25?/m0/s1. The predicted molar refractivity (Wildman–Crippen MR) is 147 cm³/mol. The molecule has 40 heavy (non-hydrogen) atoms. The monoisotopic (exact) mass is 545 g/mol. The maximum atomic E-state index is 12.5. The minimum Gasteiger partial charge on any atom is -0.444 e. The van der Waals surface area contributed by atoms with Crippen LogP contribution in [0.4, 0.5) is 4.79 Å². The highest BCUT2D eigenvalue weighted by Gasteiger charge is 2.55. The zero-order valence-corrected chi connectivity index (χ0v) is 23.3. The number of aliphatic hydroxyl groups excluding tert-OH is 1. The molecular formula is C30H35N5O5. The summed E-state index contributed by atoms with van der Waals surface area (Å²) in [5.74, 6) is 9.13. The van der Waals surface area contributed by atoms with Crippen LogP contribution in [0.2, 0.25) is 0 Å². The molecule has 2 amide bonds. The number of hydrogen-bond acceptors (Lipinski definition) is 7. The second kappa shape index (κ2) is 11.2. The van der Waals surface area contributed by atoms with Crippen LogP contribution in [0.5, 0.6) is 0 Å². The number of fused-ring (bicyclic) bond motifs is 1. The third-order valence-corrected chi connectivity index (χ3v) is 7.12. The van der Waals surface area contributed by atoms with Gasteiger partial charge in [0.15, 0.2) is 5.76 Å². The number of amides is 2. The second-order valence-electron chi connectivity index (χ2n) is 11.4. The topological polar surface area (TPSA) is 123 Å². The van der Waals surface area contributed by atoms with Crippen molar-refractivity contribution in [3.05, 3.63) is 59.8 Å². The van der Waals surface area contributed by atoms with Crippen LogP contribution in [0.1, 0.15) is 57.3 Å². The minimum absolute atomic E-state index is 0.0505. The molecule has 1 aliphatic heterocycles. The third-order valence-electron chi connectivity index (χ3n) is 7.12. The van der Waals surface area contributed by atoms with E-state index in [-0.39, 0.29) is 18.9 Å². The lowest BCUT2D eigenvalue weighted by Gasteiger charge is -2.21. The highest BCUT2D eigenvalue weighted by Crippen LogP contribution is 2.51. The Labute approximate surface area is 233 Å². The molecule has 0 spiro atoms. The summed E-state index contributed by atoms with van der Waals surface area (Å²) in [5, 5.41) is 16.6. The van der Waals surface area contributed by atoms with Gasteiger partial charge in [-0.3, -0.25) is 4.79 Å². The summed E-state index contributed by atoms with van der Waals surface area (Å²) in [6.45, 7) is 9.26. The van der Waals surface area contributed by atoms with E-state index in [0.717, 1.165) is 29.9 Å². The first-order chi connectivity index (χ1) is 19.1. The van der Waals surface area contributed by atoms with Gasteiger partial charge in [-0.25, -0.2) is 9.78 Å². The summed E-state index contributed by atoms with van der Waals surface area (Å²) in [4.78, 5) is 30.3. The average molecular weight is 546 g/mol. The van der Waals surface area contributed by atoms with Crippen molar-refractivity contribution in [2.45, 2.75) is 52.4 Å². The summed E-state index contributed by atoms with van der Waals surface area (Å²) in [6, 6.07) is 9.76. The molecule has 10 heteroatoms. The van der Waals surface area contributed by atoms with Crippen molar-refractivity contribution in [3.63, 3.8) is 0 Å². The number of hydrogen-bond donors (Lipinski definition) is 2. The maximum Gasteiger partial charge on any atom is 0.407 e. The predicted octanol–water partition coefficient (Wildman–Crippen LogP) is 3.61. The van der Waals surface area contributed by atoms with Crippen LogP contribution in [-0.2, 0) is 16.1 Å². The van der Waals surface area contributed by atoms with Gasteiger partial charge in [-0.2, -0.15) is 0 Å². The lowest BCUT2D eigenvalue weighted by atomic mass is 10.1. The van der Waals surface area contributed by atoms with E-state index in [1.54, 1.807) is 40.1 Å². The summed E-state index contributed by atoms with van der Waals surface area (Å²) in [7, 11) is 0. The lowest BCUT2D eigenvalue weighted by molar-refractivity contribution is -0.130. The van der Waals surface area contributed by atoms with E-state index in [9.17, 15) is 14.7 Å². The Bertz CT molecular complexity index is 1410. The number of alkyl carbamates (subject to hydrolysis) is 1. The number of nitrogens with zero attached hydrogens (tertiary/aromatic N) is 4. The molecule has 2 aromatic heterocycles. The Morgan fingerprint density at radius 1 is 1.23 bits per heavy atom. The Hall–Kier alpha value is -4.10. The maximum absolute atomic E-state index is 12.5. The van der Waals surface area contributed by atoms with E-state index in [1.165, 1.54) is 0 Å². The minimum atomic E-state index is -0.661. The van der Waals surface area contributed by atoms with Crippen LogP contribution in [0.15, 0.2) is 47.2 Å². The molecule has 10 nitrogen and oxygen atoms in total. The first-order valence-electron chi connectivity index (χ1n) is 13.6. The van der Waals surface area contributed by atoms with E-state index in [0.29, 0.717) is 35.9 Å². The molecule has 3 aromatic rings. The number of aliphatic hydroxyl groups is 1. The molecule has 1 saturated heterocycles. The summed E-state index contributed by atoms with van der Waals surface area (Å²) >= 11 is 0. The number of rotatable bonds is 7. The number of carbonyl (C=O) groups is 2. The van der Waals surface area contributed by atoms with Crippen LogP contribution < -0.4 is 5.32 Å². The van der Waals surface area contributed by atoms with Crippen LogP contribution >= 0.6 is 0 Å². The molecule has 210 valence electrons. The molecule has 2 unspecified atom stereocenters. The van der Waals surface area contributed by atoms with Crippen molar-refractivity contribution in [1.82, 2.24) is 24.9 Å². The molecular weight excluding hydrogens is 510 g/mol. The molecule has 2 N–H and O–H groups in total. The van der Waals surface area contributed by atoms with Gasteiger partial charge in [0, 0.05) is 61.6 Å². The third kappa shape index (κ3) is 6.54. The first-order valence-corrected chi connectivity index (χ1v) is 13.6.